The van der Waals surface area contributed by atoms with E-state index < -0.39 is 5.82 Å². The summed E-state index contributed by atoms with van der Waals surface area (Å²) in [6, 6.07) is 10.2. The number of halogens is 2. The molecule has 102 valence electrons. The minimum absolute atomic E-state index is 0.303. The van der Waals surface area contributed by atoms with Gasteiger partial charge in [-0.1, -0.05) is 17.9 Å². The molecule has 2 rings (SSSR count). The van der Waals surface area contributed by atoms with Crippen LogP contribution in [0.15, 0.2) is 42.6 Å². The maximum atomic E-state index is 13.8. The van der Waals surface area contributed by atoms with E-state index in [9.17, 15) is 4.39 Å². The van der Waals surface area contributed by atoms with Gasteiger partial charge in [0.25, 0.3) is 0 Å². The topological polar surface area (TPSA) is 22.1 Å². The summed E-state index contributed by atoms with van der Waals surface area (Å²) in [7, 11) is 0. The van der Waals surface area contributed by atoms with Crippen LogP contribution in [0.3, 0.4) is 0 Å². The Morgan fingerprint density at radius 2 is 2.15 bits per heavy atom. The summed E-state index contributed by atoms with van der Waals surface area (Å²) in [5, 5.41) is 0. The van der Waals surface area contributed by atoms with Gasteiger partial charge < -0.3 is 4.74 Å². The van der Waals surface area contributed by atoms with Crippen LogP contribution in [0, 0.1) is 17.7 Å². The van der Waals surface area contributed by atoms with E-state index in [2.05, 4.69) is 16.8 Å². The van der Waals surface area contributed by atoms with Gasteiger partial charge in [0, 0.05) is 24.6 Å². The molecule has 2 nitrogen and oxygen atoms in total. The van der Waals surface area contributed by atoms with Crippen LogP contribution in [-0.4, -0.2) is 10.9 Å². The van der Waals surface area contributed by atoms with Crippen LogP contribution in [0.2, 0.25) is 0 Å². The zero-order chi connectivity index (χ0) is 14.2. The molecule has 0 radical (unpaired) electrons. The molecule has 0 saturated heterocycles. The second kappa shape index (κ2) is 7.52. The molecule has 2 aromatic rings. The van der Waals surface area contributed by atoms with Crippen LogP contribution in [0.4, 0.5) is 4.39 Å². The van der Waals surface area contributed by atoms with Gasteiger partial charge in [0.05, 0.1) is 11.3 Å². The van der Waals surface area contributed by atoms with E-state index in [-0.39, 0.29) is 0 Å². The monoisotopic (exact) mass is 289 g/mol. The molecule has 0 saturated carbocycles. The molecule has 1 aromatic carbocycles. The minimum Gasteiger partial charge on any atom is -0.487 e. The van der Waals surface area contributed by atoms with E-state index in [4.69, 9.17) is 16.3 Å². The van der Waals surface area contributed by atoms with Crippen molar-refractivity contribution >= 4 is 11.6 Å². The maximum Gasteiger partial charge on any atom is 0.142 e. The Morgan fingerprint density at radius 1 is 1.25 bits per heavy atom. The summed E-state index contributed by atoms with van der Waals surface area (Å²) in [6.07, 6.45) is 2.23. The number of alkyl halides is 1. The van der Waals surface area contributed by atoms with Crippen LogP contribution in [-0.2, 0) is 6.61 Å². The SMILES string of the molecule is Fc1cc(OCc2ccccn2)ccc1C#CCCCl. The standard InChI is InChI=1S/C16H13ClFNO/c17-9-3-1-5-13-7-8-15(11-16(13)18)20-12-14-6-2-4-10-19-14/h2,4,6-8,10-11H,3,9,12H2. The highest BCUT2D eigenvalue weighted by molar-refractivity contribution is 6.18. The third-order valence-electron chi connectivity index (χ3n) is 2.50. The number of aromatic nitrogens is 1. The van der Waals surface area contributed by atoms with E-state index in [1.165, 1.54) is 6.07 Å². The summed E-state index contributed by atoms with van der Waals surface area (Å²) in [5.74, 6) is 6.04. The summed E-state index contributed by atoms with van der Waals surface area (Å²) >= 11 is 5.51. The predicted octanol–water partition coefficient (Wildman–Crippen LogP) is 3.78. The van der Waals surface area contributed by atoms with Crippen LogP contribution in [0.1, 0.15) is 17.7 Å². The third-order valence-corrected chi connectivity index (χ3v) is 2.68. The summed E-state index contributed by atoms with van der Waals surface area (Å²) in [6.45, 7) is 0.303. The quantitative estimate of drug-likeness (QED) is 0.631. The second-order valence-corrected chi connectivity index (χ2v) is 4.37. The van der Waals surface area contributed by atoms with Crippen molar-refractivity contribution in [2.24, 2.45) is 0 Å². The van der Waals surface area contributed by atoms with Gasteiger partial charge in [0.15, 0.2) is 0 Å². The van der Waals surface area contributed by atoms with Gasteiger partial charge in [-0.2, -0.15) is 0 Å². The van der Waals surface area contributed by atoms with Crippen molar-refractivity contribution in [2.45, 2.75) is 13.0 Å². The first-order chi connectivity index (χ1) is 9.79. The summed E-state index contributed by atoms with van der Waals surface area (Å²) in [4.78, 5) is 4.13. The number of pyridine rings is 1. The summed E-state index contributed by atoms with van der Waals surface area (Å²) < 4.78 is 19.3. The predicted molar refractivity (Wildman–Crippen MR) is 77.2 cm³/mol. The fourth-order valence-electron chi connectivity index (χ4n) is 1.53. The highest BCUT2D eigenvalue weighted by Gasteiger charge is 2.03. The number of hydrogen-bond donors (Lipinski definition) is 0. The van der Waals surface area contributed by atoms with Gasteiger partial charge >= 0.3 is 0 Å². The Hall–Kier alpha value is -2.05. The van der Waals surface area contributed by atoms with Crippen molar-refractivity contribution in [3.05, 3.63) is 59.7 Å². The number of ether oxygens (including phenoxy) is 1. The molecule has 0 N–H and O–H groups in total. The molecular weight excluding hydrogens is 277 g/mol. The van der Waals surface area contributed by atoms with Gasteiger partial charge in [-0.25, -0.2) is 4.39 Å². The first-order valence-corrected chi connectivity index (χ1v) is 6.70. The average molecular weight is 290 g/mol. The number of hydrogen-bond acceptors (Lipinski definition) is 2. The van der Waals surface area contributed by atoms with Crippen LogP contribution >= 0.6 is 11.6 Å². The lowest BCUT2D eigenvalue weighted by atomic mass is 10.2. The highest BCUT2D eigenvalue weighted by atomic mass is 35.5. The molecular formula is C16H13ClFNO. The normalized spacial score (nSPS) is 9.70. The fourth-order valence-corrected chi connectivity index (χ4v) is 1.63. The highest BCUT2D eigenvalue weighted by Crippen LogP contribution is 2.17. The smallest absolute Gasteiger partial charge is 0.142 e. The van der Waals surface area contributed by atoms with E-state index in [1.807, 2.05) is 18.2 Å². The van der Waals surface area contributed by atoms with Crippen molar-refractivity contribution in [3.63, 3.8) is 0 Å². The number of rotatable bonds is 4. The van der Waals surface area contributed by atoms with Gasteiger partial charge in [-0.3, -0.25) is 4.98 Å². The Morgan fingerprint density at radius 3 is 2.85 bits per heavy atom. The van der Waals surface area contributed by atoms with Crippen molar-refractivity contribution in [2.75, 3.05) is 5.88 Å². The third kappa shape index (κ3) is 4.25. The molecule has 0 amide bonds. The molecule has 1 heterocycles. The number of nitrogens with zero attached hydrogens (tertiary/aromatic N) is 1. The largest absolute Gasteiger partial charge is 0.487 e. The van der Waals surface area contributed by atoms with Gasteiger partial charge in [0.2, 0.25) is 0 Å². The lowest BCUT2D eigenvalue weighted by Gasteiger charge is -2.06. The molecule has 0 aliphatic heterocycles. The van der Waals surface area contributed by atoms with Crippen molar-refractivity contribution in [3.8, 4) is 17.6 Å². The van der Waals surface area contributed by atoms with Gasteiger partial charge in [0.1, 0.15) is 18.2 Å². The van der Waals surface area contributed by atoms with E-state index >= 15 is 0 Å². The van der Waals surface area contributed by atoms with Gasteiger partial charge in [-0.15, -0.1) is 11.6 Å². The molecule has 0 aliphatic rings. The fraction of sp³-hybridized carbons (Fsp3) is 0.188. The molecule has 0 aliphatic carbocycles. The summed E-state index contributed by atoms with van der Waals surface area (Å²) in [5.41, 5.74) is 1.14. The van der Waals surface area contributed by atoms with Crippen molar-refractivity contribution in [1.82, 2.24) is 4.98 Å². The Bertz CT molecular complexity index is 619. The molecule has 20 heavy (non-hydrogen) atoms. The number of benzene rings is 1. The van der Waals surface area contributed by atoms with E-state index in [0.717, 1.165) is 5.69 Å². The zero-order valence-electron chi connectivity index (χ0n) is 10.8. The molecule has 0 spiro atoms. The molecule has 0 bridgehead atoms. The van der Waals surface area contributed by atoms with Crippen LogP contribution in [0.5, 0.6) is 5.75 Å². The zero-order valence-corrected chi connectivity index (χ0v) is 11.5. The molecule has 0 fully saturated rings. The Labute approximate surface area is 122 Å². The Balaban J connectivity index is 2.01. The lowest BCUT2D eigenvalue weighted by Crippen LogP contribution is -1.98. The molecule has 0 unspecified atom stereocenters. The first kappa shape index (κ1) is 14.4. The van der Waals surface area contributed by atoms with Gasteiger partial charge in [-0.05, 0) is 24.3 Å². The molecule has 4 heteroatoms. The van der Waals surface area contributed by atoms with Crippen molar-refractivity contribution in [1.29, 1.82) is 0 Å². The van der Waals surface area contributed by atoms with E-state index in [0.29, 0.717) is 30.2 Å². The first-order valence-electron chi connectivity index (χ1n) is 6.16. The average Bonchev–Trinajstić information content (AvgIpc) is 2.48. The van der Waals surface area contributed by atoms with Crippen LogP contribution in [0.25, 0.3) is 0 Å². The van der Waals surface area contributed by atoms with Crippen LogP contribution < -0.4 is 4.74 Å². The Kier molecular flexibility index (Phi) is 5.40. The van der Waals surface area contributed by atoms with Crippen molar-refractivity contribution < 1.29 is 9.13 Å². The van der Waals surface area contributed by atoms with E-state index in [1.54, 1.807) is 18.3 Å². The lowest BCUT2D eigenvalue weighted by molar-refractivity contribution is 0.299. The minimum atomic E-state index is -0.398. The maximum absolute atomic E-state index is 13.8. The molecule has 0 atom stereocenters. The second-order valence-electron chi connectivity index (χ2n) is 3.99. The molecule has 1 aromatic heterocycles.